The van der Waals surface area contributed by atoms with Gasteiger partial charge in [-0.1, -0.05) is 27.7 Å². The predicted molar refractivity (Wildman–Crippen MR) is 85.9 cm³/mol. The summed E-state index contributed by atoms with van der Waals surface area (Å²) in [5.41, 5.74) is 7.04. The molecule has 2 rings (SSSR count). The molecule has 0 spiro atoms. The molecule has 1 aromatic rings. The standard InChI is InChI=1S/C17H29N3O/c1-12(2)10-13-11-14(18)20-15(19-13)17(21-5)8-6-16(3,4)7-9-17/h11-12H,6-10H2,1-5H3,(H2,18,19,20). The number of hydrogen-bond acceptors (Lipinski definition) is 4. The number of anilines is 1. The van der Waals surface area contributed by atoms with Crippen LogP contribution >= 0.6 is 0 Å². The zero-order valence-corrected chi connectivity index (χ0v) is 14.1. The van der Waals surface area contributed by atoms with Gasteiger partial charge in [-0.25, -0.2) is 9.97 Å². The Morgan fingerprint density at radius 2 is 1.81 bits per heavy atom. The van der Waals surface area contributed by atoms with E-state index < -0.39 is 0 Å². The molecule has 118 valence electrons. The molecule has 0 aliphatic heterocycles. The van der Waals surface area contributed by atoms with Crippen molar-refractivity contribution in [3.05, 3.63) is 17.6 Å². The van der Waals surface area contributed by atoms with E-state index in [1.807, 2.05) is 6.07 Å². The highest BCUT2D eigenvalue weighted by molar-refractivity contribution is 5.31. The zero-order chi connectivity index (χ0) is 15.7. The predicted octanol–water partition coefficient (Wildman–Crippen LogP) is 3.70. The highest BCUT2D eigenvalue weighted by Crippen LogP contribution is 2.46. The molecule has 0 bridgehead atoms. The normalized spacial score (nSPS) is 20.7. The van der Waals surface area contributed by atoms with E-state index in [0.717, 1.165) is 43.6 Å². The van der Waals surface area contributed by atoms with Crippen LogP contribution in [0.1, 0.15) is 64.9 Å². The Hall–Kier alpha value is -1.16. The quantitative estimate of drug-likeness (QED) is 0.919. The maximum absolute atomic E-state index is 6.00. The van der Waals surface area contributed by atoms with Crippen LogP contribution in [0.15, 0.2) is 6.07 Å². The first-order valence-electron chi connectivity index (χ1n) is 7.95. The summed E-state index contributed by atoms with van der Waals surface area (Å²) in [5.74, 6) is 1.88. The summed E-state index contributed by atoms with van der Waals surface area (Å²) < 4.78 is 5.89. The van der Waals surface area contributed by atoms with Crippen LogP contribution in [0.3, 0.4) is 0 Å². The number of aromatic nitrogens is 2. The number of methoxy groups -OCH3 is 1. The largest absolute Gasteiger partial charge is 0.384 e. The number of nitrogens with zero attached hydrogens (tertiary/aromatic N) is 2. The minimum atomic E-state index is -0.364. The molecule has 0 saturated heterocycles. The van der Waals surface area contributed by atoms with E-state index >= 15 is 0 Å². The van der Waals surface area contributed by atoms with Crippen molar-refractivity contribution in [1.29, 1.82) is 0 Å². The van der Waals surface area contributed by atoms with Crippen LogP contribution in [0.4, 0.5) is 5.82 Å². The first kappa shape index (κ1) is 16.2. The third-order valence-corrected chi connectivity index (χ3v) is 4.63. The van der Waals surface area contributed by atoms with Gasteiger partial charge in [-0.3, -0.25) is 0 Å². The number of nitrogen functional groups attached to an aromatic ring is 1. The van der Waals surface area contributed by atoms with E-state index in [1.54, 1.807) is 7.11 Å². The minimum Gasteiger partial charge on any atom is -0.384 e. The highest BCUT2D eigenvalue weighted by Gasteiger charge is 2.42. The lowest BCUT2D eigenvalue weighted by Gasteiger charge is -2.41. The summed E-state index contributed by atoms with van der Waals surface area (Å²) in [6.07, 6.45) is 5.09. The van der Waals surface area contributed by atoms with Crippen molar-refractivity contribution in [1.82, 2.24) is 9.97 Å². The van der Waals surface area contributed by atoms with Gasteiger partial charge in [-0.15, -0.1) is 0 Å². The number of nitrogens with two attached hydrogens (primary N) is 1. The molecule has 1 saturated carbocycles. The van der Waals surface area contributed by atoms with Crippen molar-refractivity contribution < 1.29 is 4.74 Å². The van der Waals surface area contributed by atoms with Gasteiger partial charge in [-0.05, 0) is 43.4 Å². The molecule has 0 radical (unpaired) electrons. The smallest absolute Gasteiger partial charge is 0.162 e. The van der Waals surface area contributed by atoms with E-state index in [9.17, 15) is 0 Å². The first-order chi connectivity index (χ1) is 9.76. The maximum atomic E-state index is 6.00. The van der Waals surface area contributed by atoms with E-state index in [4.69, 9.17) is 15.5 Å². The molecule has 1 fully saturated rings. The van der Waals surface area contributed by atoms with Crippen molar-refractivity contribution in [3.63, 3.8) is 0 Å². The lowest BCUT2D eigenvalue weighted by atomic mass is 9.70. The monoisotopic (exact) mass is 291 g/mol. The average Bonchev–Trinajstić information content (AvgIpc) is 2.38. The fraction of sp³-hybridized carbons (Fsp3) is 0.765. The minimum absolute atomic E-state index is 0.364. The zero-order valence-electron chi connectivity index (χ0n) is 14.1. The van der Waals surface area contributed by atoms with Crippen molar-refractivity contribution in [2.45, 2.75) is 65.4 Å². The Morgan fingerprint density at radius 1 is 1.19 bits per heavy atom. The topological polar surface area (TPSA) is 61.0 Å². The third kappa shape index (κ3) is 3.73. The number of ether oxygens (including phenoxy) is 1. The van der Waals surface area contributed by atoms with Gasteiger partial charge in [0, 0.05) is 18.9 Å². The molecule has 0 atom stereocenters. The maximum Gasteiger partial charge on any atom is 0.162 e. The highest BCUT2D eigenvalue weighted by atomic mass is 16.5. The fourth-order valence-corrected chi connectivity index (χ4v) is 3.09. The van der Waals surface area contributed by atoms with Gasteiger partial charge in [0.05, 0.1) is 0 Å². The van der Waals surface area contributed by atoms with Crippen LogP contribution in [-0.2, 0) is 16.8 Å². The first-order valence-corrected chi connectivity index (χ1v) is 7.95. The summed E-state index contributed by atoms with van der Waals surface area (Å²) in [5, 5.41) is 0. The summed E-state index contributed by atoms with van der Waals surface area (Å²) in [6, 6.07) is 1.89. The van der Waals surface area contributed by atoms with E-state index in [-0.39, 0.29) is 5.60 Å². The van der Waals surface area contributed by atoms with Crippen molar-refractivity contribution >= 4 is 5.82 Å². The van der Waals surface area contributed by atoms with Gasteiger partial charge < -0.3 is 10.5 Å². The fourth-order valence-electron chi connectivity index (χ4n) is 3.09. The molecule has 2 N–H and O–H groups in total. The van der Waals surface area contributed by atoms with Crippen molar-refractivity contribution in [3.8, 4) is 0 Å². The second-order valence-corrected chi connectivity index (χ2v) is 7.57. The summed E-state index contributed by atoms with van der Waals surface area (Å²) in [6.45, 7) is 9.01. The van der Waals surface area contributed by atoms with E-state index in [1.165, 1.54) is 0 Å². The van der Waals surface area contributed by atoms with Gasteiger partial charge in [-0.2, -0.15) is 0 Å². The Morgan fingerprint density at radius 3 is 2.33 bits per heavy atom. The Kier molecular flexibility index (Phi) is 4.57. The molecule has 1 aliphatic rings. The number of hydrogen-bond donors (Lipinski definition) is 1. The molecule has 0 amide bonds. The third-order valence-electron chi connectivity index (χ3n) is 4.63. The molecule has 4 nitrogen and oxygen atoms in total. The van der Waals surface area contributed by atoms with Crippen molar-refractivity contribution in [2.24, 2.45) is 11.3 Å². The molecule has 0 unspecified atom stereocenters. The van der Waals surface area contributed by atoms with Crippen LogP contribution in [0.25, 0.3) is 0 Å². The average molecular weight is 291 g/mol. The second kappa shape index (κ2) is 5.91. The molecule has 1 aromatic heterocycles. The second-order valence-electron chi connectivity index (χ2n) is 7.57. The van der Waals surface area contributed by atoms with Crippen LogP contribution < -0.4 is 5.73 Å². The number of rotatable bonds is 4. The van der Waals surface area contributed by atoms with E-state index in [2.05, 4.69) is 32.7 Å². The lowest BCUT2D eigenvalue weighted by Crippen LogP contribution is -2.38. The SMILES string of the molecule is COC1(c2nc(N)cc(CC(C)C)n2)CCC(C)(C)CC1. The van der Waals surface area contributed by atoms with Gasteiger partial charge in [0.2, 0.25) is 0 Å². The van der Waals surface area contributed by atoms with Crippen LogP contribution in [-0.4, -0.2) is 17.1 Å². The van der Waals surface area contributed by atoms with Crippen LogP contribution in [0.5, 0.6) is 0 Å². The summed E-state index contributed by atoms with van der Waals surface area (Å²) >= 11 is 0. The molecule has 21 heavy (non-hydrogen) atoms. The Balaban J connectivity index is 2.32. The molecular weight excluding hydrogens is 262 g/mol. The molecule has 1 heterocycles. The Bertz CT molecular complexity index is 487. The van der Waals surface area contributed by atoms with Crippen LogP contribution in [0.2, 0.25) is 0 Å². The van der Waals surface area contributed by atoms with Gasteiger partial charge >= 0.3 is 0 Å². The molecule has 0 aromatic carbocycles. The summed E-state index contributed by atoms with van der Waals surface area (Å²) in [4.78, 5) is 9.27. The van der Waals surface area contributed by atoms with Crippen molar-refractivity contribution in [2.75, 3.05) is 12.8 Å². The summed E-state index contributed by atoms with van der Waals surface area (Å²) in [7, 11) is 1.77. The molecule has 1 aliphatic carbocycles. The molecular formula is C17H29N3O. The van der Waals surface area contributed by atoms with Gasteiger partial charge in [0.25, 0.3) is 0 Å². The Labute approximate surface area is 128 Å². The van der Waals surface area contributed by atoms with E-state index in [0.29, 0.717) is 17.2 Å². The molecule has 4 heteroatoms. The van der Waals surface area contributed by atoms with Gasteiger partial charge in [0.15, 0.2) is 5.82 Å². The van der Waals surface area contributed by atoms with Crippen LogP contribution in [0, 0.1) is 11.3 Å². The van der Waals surface area contributed by atoms with Gasteiger partial charge in [0.1, 0.15) is 11.4 Å². The lowest BCUT2D eigenvalue weighted by molar-refractivity contribution is -0.0729.